The number of benzene rings is 2. The Balaban J connectivity index is 2.00. The van der Waals surface area contributed by atoms with Gasteiger partial charge in [0.05, 0.1) is 12.2 Å². The molecule has 0 atom stereocenters. The molecule has 1 aromatic heterocycles. The van der Waals surface area contributed by atoms with E-state index in [9.17, 15) is 14.7 Å². The van der Waals surface area contributed by atoms with Crippen molar-refractivity contribution in [2.75, 3.05) is 11.9 Å². The second kappa shape index (κ2) is 8.14. The van der Waals surface area contributed by atoms with Crippen molar-refractivity contribution < 1.29 is 19.4 Å². The highest BCUT2D eigenvalue weighted by atomic mass is 16.5. The zero-order chi connectivity index (χ0) is 19.2. The van der Waals surface area contributed by atoms with E-state index >= 15 is 0 Å². The maximum Gasteiger partial charge on any atom is 0.341 e. The number of para-hydroxylation sites is 2. The van der Waals surface area contributed by atoms with E-state index in [4.69, 9.17) is 4.74 Å². The van der Waals surface area contributed by atoms with E-state index in [1.54, 1.807) is 19.1 Å². The average Bonchev–Trinajstić information content (AvgIpc) is 2.69. The number of pyridine rings is 1. The highest BCUT2D eigenvalue weighted by molar-refractivity contribution is 6.11. The van der Waals surface area contributed by atoms with E-state index < -0.39 is 11.8 Å². The van der Waals surface area contributed by atoms with E-state index in [0.29, 0.717) is 0 Å². The van der Waals surface area contributed by atoms with Crippen LogP contribution in [0.5, 0.6) is 5.75 Å². The van der Waals surface area contributed by atoms with Crippen molar-refractivity contribution in [3.05, 3.63) is 83.6 Å². The topological polar surface area (TPSA) is 88.5 Å². The molecule has 0 aliphatic heterocycles. The first-order valence-electron chi connectivity index (χ1n) is 8.42. The van der Waals surface area contributed by atoms with Crippen molar-refractivity contribution in [1.82, 2.24) is 4.98 Å². The summed E-state index contributed by atoms with van der Waals surface area (Å²) >= 11 is 0. The number of phenolic OH excluding ortho intramolecular Hbond substituents is 1. The molecule has 136 valence electrons. The molecule has 0 amide bonds. The van der Waals surface area contributed by atoms with Crippen LogP contribution in [0.3, 0.4) is 0 Å². The maximum absolute atomic E-state index is 12.7. The Morgan fingerprint density at radius 1 is 1.04 bits per heavy atom. The number of carbonyl (C=O) groups is 2. The van der Waals surface area contributed by atoms with Gasteiger partial charge in [0.2, 0.25) is 0 Å². The number of hydrogen-bond donors (Lipinski definition) is 2. The number of ketones is 1. The Morgan fingerprint density at radius 2 is 1.74 bits per heavy atom. The van der Waals surface area contributed by atoms with Crippen molar-refractivity contribution >= 4 is 23.3 Å². The van der Waals surface area contributed by atoms with Crippen LogP contribution in [0.25, 0.3) is 0 Å². The lowest BCUT2D eigenvalue weighted by atomic mass is 10.0. The molecule has 0 unspecified atom stereocenters. The number of anilines is 2. The molecule has 0 saturated heterocycles. The first-order chi connectivity index (χ1) is 13.1. The molecule has 2 aromatic carbocycles. The fourth-order valence-corrected chi connectivity index (χ4v) is 2.53. The summed E-state index contributed by atoms with van der Waals surface area (Å²) in [5.41, 5.74) is 1.20. The highest BCUT2D eigenvalue weighted by Crippen LogP contribution is 2.24. The van der Waals surface area contributed by atoms with Gasteiger partial charge in [-0.15, -0.1) is 0 Å². The van der Waals surface area contributed by atoms with E-state index in [2.05, 4.69) is 10.3 Å². The van der Waals surface area contributed by atoms with Crippen molar-refractivity contribution in [3.63, 3.8) is 0 Å². The molecular weight excluding hydrogens is 344 g/mol. The zero-order valence-electron chi connectivity index (χ0n) is 14.7. The fourth-order valence-electron chi connectivity index (χ4n) is 2.53. The molecule has 0 radical (unpaired) electrons. The molecule has 0 aliphatic carbocycles. The number of hydrogen-bond acceptors (Lipinski definition) is 6. The van der Waals surface area contributed by atoms with Crippen LogP contribution in [-0.4, -0.2) is 28.4 Å². The molecule has 6 nitrogen and oxygen atoms in total. The predicted molar refractivity (Wildman–Crippen MR) is 101 cm³/mol. The number of carbonyl (C=O) groups excluding carboxylic acids is 2. The van der Waals surface area contributed by atoms with Crippen LogP contribution in [0, 0.1) is 0 Å². The summed E-state index contributed by atoms with van der Waals surface area (Å²) in [6.45, 7) is 1.90. The summed E-state index contributed by atoms with van der Waals surface area (Å²) in [5.74, 6) is -0.868. The van der Waals surface area contributed by atoms with Gasteiger partial charge < -0.3 is 15.2 Å². The number of ether oxygens (including phenoxy) is 1. The Labute approximate surface area is 156 Å². The zero-order valence-corrected chi connectivity index (χ0v) is 14.7. The Hall–Kier alpha value is -3.67. The summed E-state index contributed by atoms with van der Waals surface area (Å²) in [7, 11) is 0. The van der Waals surface area contributed by atoms with Gasteiger partial charge >= 0.3 is 5.97 Å². The lowest BCUT2D eigenvalue weighted by Crippen LogP contribution is -2.12. The van der Waals surface area contributed by atoms with Gasteiger partial charge in [0.15, 0.2) is 5.78 Å². The SMILES string of the molecule is CCOC(=O)c1cc(C(=O)c2ccccc2O)cnc1Nc1ccccc1. The minimum atomic E-state index is -0.588. The van der Waals surface area contributed by atoms with Crippen LogP contribution in [0.1, 0.15) is 33.2 Å². The molecule has 0 aliphatic rings. The smallest absolute Gasteiger partial charge is 0.341 e. The predicted octanol–water partition coefficient (Wildman–Crippen LogP) is 3.94. The average molecular weight is 362 g/mol. The van der Waals surface area contributed by atoms with Gasteiger partial charge in [0.25, 0.3) is 0 Å². The van der Waals surface area contributed by atoms with Crippen molar-refractivity contribution in [1.29, 1.82) is 0 Å². The number of rotatable bonds is 6. The Morgan fingerprint density at radius 3 is 2.44 bits per heavy atom. The van der Waals surface area contributed by atoms with E-state index in [1.807, 2.05) is 30.3 Å². The molecule has 2 N–H and O–H groups in total. The molecule has 0 fully saturated rings. The molecule has 1 heterocycles. The minimum Gasteiger partial charge on any atom is -0.507 e. The number of aromatic hydroxyl groups is 1. The lowest BCUT2D eigenvalue weighted by molar-refractivity contribution is 0.0527. The molecule has 27 heavy (non-hydrogen) atoms. The van der Waals surface area contributed by atoms with Gasteiger partial charge in [-0.2, -0.15) is 0 Å². The Kier molecular flexibility index (Phi) is 5.47. The maximum atomic E-state index is 12.7. The van der Waals surface area contributed by atoms with Crippen LogP contribution in [0.2, 0.25) is 0 Å². The van der Waals surface area contributed by atoms with Crippen LogP contribution in [0.4, 0.5) is 11.5 Å². The van der Waals surface area contributed by atoms with Crippen LogP contribution in [-0.2, 0) is 4.74 Å². The first-order valence-corrected chi connectivity index (χ1v) is 8.42. The van der Waals surface area contributed by atoms with Crippen molar-refractivity contribution in [2.45, 2.75) is 6.92 Å². The van der Waals surface area contributed by atoms with E-state index in [-0.39, 0.29) is 34.9 Å². The third-order valence-corrected chi connectivity index (χ3v) is 3.83. The van der Waals surface area contributed by atoms with Gasteiger partial charge in [-0.1, -0.05) is 30.3 Å². The third-order valence-electron chi connectivity index (χ3n) is 3.83. The normalized spacial score (nSPS) is 10.3. The second-order valence-corrected chi connectivity index (χ2v) is 5.68. The first kappa shape index (κ1) is 18.1. The standard InChI is InChI=1S/C21H18N2O4/c1-2-27-21(26)17-12-14(19(25)16-10-6-7-11-18(16)24)13-22-20(17)23-15-8-4-3-5-9-15/h3-13,24H,2H2,1H3,(H,22,23). The number of nitrogens with zero attached hydrogens (tertiary/aromatic N) is 1. The van der Waals surface area contributed by atoms with Crippen molar-refractivity contribution in [3.8, 4) is 5.75 Å². The number of aromatic nitrogens is 1. The second-order valence-electron chi connectivity index (χ2n) is 5.68. The van der Waals surface area contributed by atoms with Gasteiger partial charge in [0, 0.05) is 17.4 Å². The van der Waals surface area contributed by atoms with Gasteiger partial charge in [-0.25, -0.2) is 9.78 Å². The van der Waals surface area contributed by atoms with Crippen LogP contribution >= 0.6 is 0 Å². The molecule has 0 saturated carbocycles. The largest absolute Gasteiger partial charge is 0.507 e. The lowest BCUT2D eigenvalue weighted by Gasteiger charge is -2.12. The third kappa shape index (κ3) is 4.12. The van der Waals surface area contributed by atoms with Crippen molar-refractivity contribution in [2.24, 2.45) is 0 Å². The summed E-state index contributed by atoms with van der Waals surface area (Å²) in [6, 6.07) is 16.9. The molecule has 3 rings (SSSR count). The minimum absolute atomic E-state index is 0.133. The number of nitrogens with one attached hydrogen (secondary N) is 1. The molecule has 3 aromatic rings. The molecule has 0 spiro atoms. The highest BCUT2D eigenvalue weighted by Gasteiger charge is 2.20. The van der Waals surface area contributed by atoms with E-state index in [0.717, 1.165) is 5.69 Å². The monoisotopic (exact) mass is 362 g/mol. The van der Waals surface area contributed by atoms with E-state index in [1.165, 1.54) is 24.4 Å². The quantitative estimate of drug-likeness (QED) is 0.510. The number of esters is 1. The molecule has 6 heteroatoms. The molecular formula is C21H18N2O4. The fraction of sp³-hybridized carbons (Fsp3) is 0.0952. The summed E-state index contributed by atoms with van der Waals surface area (Å²) in [4.78, 5) is 29.3. The number of phenols is 1. The van der Waals surface area contributed by atoms with Crippen LogP contribution in [0.15, 0.2) is 66.9 Å². The summed E-state index contributed by atoms with van der Waals surface area (Å²) < 4.78 is 5.09. The van der Waals surface area contributed by atoms with Gasteiger partial charge in [0.1, 0.15) is 17.1 Å². The van der Waals surface area contributed by atoms with Gasteiger partial charge in [-0.3, -0.25) is 4.79 Å². The van der Waals surface area contributed by atoms with Crippen LogP contribution < -0.4 is 5.32 Å². The van der Waals surface area contributed by atoms with Gasteiger partial charge in [-0.05, 0) is 37.3 Å². The summed E-state index contributed by atoms with van der Waals surface area (Å²) in [5, 5.41) is 13.0. The summed E-state index contributed by atoms with van der Waals surface area (Å²) in [6.07, 6.45) is 1.36. The molecule has 0 bridgehead atoms. The Bertz CT molecular complexity index is 971.